The van der Waals surface area contributed by atoms with E-state index in [0.717, 1.165) is 22.3 Å². The van der Waals surface area contributed by atoms with Gasteiger partial charge in [-0.15, -0.1) is 0 Å². The topological polar surface area (TPSA) is 129 Å². The maximum Gasteiger partial charge on any atom is 0.515 e. The van der Waals surface area contributed by atoms with Crippen LogP contribution in [0, 0.1) is 23.7 Å². The van der Waals surface area contributed by atoms with Crippen LogP contribution >= 0.6 is 0 Å². The van der Waals surface area contributed by atoms with Gasteiger partial charge in [0.05, 0.1) is 0 Å². The Balaban J connectivity index is 1.49. The molecule has 3 heterocycles. The molecule has 3 aliphatic heterocycles. The Morgan fingerprint density at radius 3 is 1.18 bits per heavy atom. The predicted octanol–water partition coefficient (Wildman–Crippen LogP) is 10.2. The van der Waals surface area contributed by atoms with Crippen molar-refractivity contribution in [3.8, 4) is 23.7 Å². The Morgan fingerprint density at radius 2 is 0.784 bits per heavy atom. The molecule has 14 nitrogen and oxygen atoms in total. The third kappa shape index (κ3) is 14.3. The van der Waals surface area contributed by atoms with Crippen molar-refractivity contribution in [3.63, 3.8) is 0 Å². The molecule has 0 amide bonds. The first kappa shape index (κ1) is 59.5. The third-order valence-corrected chi connectivity index (χ3v) is 57.2. The SMILES string of the molecule is CC[Si@]1(C)O[Si@@]2(CC)O[Si@@](CC)(O[Si](C)(C)O[Si](C)(C)O[Si](C)(C)OC)O[Si@]3(c4ccc(C#Cc5ccccc5)cc4)O[Si@](CC)(O[Si](C)(C)C)O[Si@](c4ccc(C#Cc5ccccc5)cc4)(O1)O[Si@@](CC)(O2)O3. The quantitative estimate of drug-likeness (QED) is 0.0780. The van der Waals surface area contributed by atoms with Crippen molar-refractivity contribution in [1.82, 2.24) is 0 Å². The van der Waals surface area contributed by atoms with Crippen molar-refractivity contribution >= 4 is 106 Å². The molecule has 0 spiro atoms. The third-order valence-electron chi connectivity index (χ3n) is 12.2. The zero-order valence-corrected chi connectivity index (χ0v) is 57.1. The first-order valence-corrected chi connectivity index (χ1v) is 51.2. The molecule has 0 unspecified atom stereocenters. The second-order valence-corrected chi connectivity index (χ2v) is 59.3. The van der Waals surface area contributed by atoms with Crippen LogP contribution in [0.2, 0.25) is 95.7 Å². The van der Waals surface area contributed by atoms with Crippen molar-refractivity contribution in [1.29, 1.82) is 0 Å². The van der Waals surface area contributed by atoms with Crippen molar-refractivity contribution < 1.29 is 57.9 Å². The molecule has 25 heteroatoms. The first-order valence-electron chi connectivity index (χ1n) is 25.7. The van der Waals surface area contributed by atoms with Gasteiger partial charge in [-0.05, 0) is 120 Å². The highest BCUT2D eigenvalue weighted by Crippen LogP contribution is 2.47. The van der Waals surface area contributed by atoms with Gasteiger partial charge >= 0.3 is 87.1 Å². The Labute approximate surface area is 453 Å². The number of hydrogen-bond acceptors (Lipinski definition) is 14. The highest BCUT2D eigenvalue weighted by molar-refractivity contribution is 7.04. The van der Waals surface area contributed by atoms with Gasteiger partial charge in [-0.3, -0.25) is 0 Å². The van der Waals surface area contributed by atoms with Gasteiger partial charge in [0.15, 0.2) is 8.32 Å². The molecule has 3 saturated heterocycles. The van der Waals surface area contributed by atoms with Gasteiger partial charge in [0.25, 0.3) is 0 Å². The lowest BCUT2D eigenvalue weighted by Gasteiger charge is -2.58. The summed E-state index contributed by atoms with van der Waals surface area (Å²) in [5.74, 6) is 13.2. The van der Waals surface area contributed by atoms with E-state index in [2.05, 4.69) is 50.2 Å². The van der Waals surface area contributed by atoms with E-state index in [-0.39, 0.29) is 12.1 Å². The fourth-order valence-corrected chi connectivity index (χ4v) is 65.7. The van der Waals surface area contributed by atoms with Crippen molar-refractivity contribution in [2.45, 2.75) is 130 Å². The Kier molecular flexibility index (Phi) is 18.4. The van der Waals surface area contributed by atoms with Crippen LogP contribution in [0.1, 0.15) is 56.9 Å². The molecule has 0 radical (unpaired) electrons. The summed E-state index contributed by atoms with van der Waals surface area (Å²) in [6.45, 7) is 30.6. The van der Waals surface area contributed by atoms with Crippen molar-refractivity contribution in [3.05, 3.63) is 131 Å². The van der Waals surface area contributed by atoms with Crippen LogP contribution < -0.4 is 10.4 Å². The minimum absolute atomic E-state index is 0.264. The van der Waals surface area contributed by atoms with E-state index >= 15 is 0 Å². The molecule has 4 aromatic rings. The maximum absolute atomic E-state index is 7.96. The lowest BCUT2D eigenvalue weighted by molar-refractivity contribution is 0.0300. The Morgan fingerprint density at radius 1 is 0.392 bits per heavy atom. The monoisotopic (exact) mass is 1200 g/mol. The second kappa shape index (κ2) is 22.9. The Hall–Kier alpha value is -2.17. The summed E-state index contributed by atoms with van der Waals surface area (Å²) in [6.07, 6.45) is 0. The van der Waals surface area contributed by atoms with Crippen LogP contribution in [0.5, 0.6) is 0 Å². The van der Waals surface area contributed by atoms with Crippen LogP contribution in [0.3, 0.4) is 0 Å². The first-order chi connectivity index (χ1) is 34.7. The number of benzene rings is 4. The van der Waals surface area contributed by atoms with Crippen LogP contribution in [0.4, 0.5) is 0 Å². The van der Waals surface area contributed by atoms with E-state index in [0.29, 0.717) is 28.5 Å². The number of fused-ring (bicyclic) bond motifs is 3. The molecule has 0 aromatic heterocycles. The van der Waals surface area contributed by atoms with Crippen molar-refractivity contribution in [2.24, 2.45) is 0 Å². The molecular formula is C49H76O14Si11. The molecule has 0 aliphatic carbocycles. The van der Waals surface area contributed by atoms with E-state index in [1.807, 2.05) is 183 Å². The summed E-state index contributed by atoms with van der Waals surface area (Å²) in [6, 6.07) is 37.2. The predicted molar refractivity (Wildman–Crippen MR) is 312 cm³/mol. The number of rotatable bonds is 16. The van der Waals surface area contributed by atoms with E-state index in [1.54, 1.807) is 7.11 Å². The van der Waals surface area contributed by atoms with Gasteiger partial charge < -0.3 is 57.9 Å². The smallest absolute Gasteiger partial charge is 0.417 e. The molecule has 0 N–H and O–H groups in total. The zero-order valence-electron chi connectivity index (χ0n) is 46.1. The van der Waals surface area contributed by atoms with E-state index in [4.69, 9.17) is 57.9 Å². The van der Waals surface area contributed by atoms with Crippen molar-refractivity contribution in [2.75, 3.05) is 7.11 Å². The van der Waals surface area contributed by atoms with Gasteiger partial charge in [0, 0.05) is 63.9 Å². The van der Waals surface area contributed by atoms with E-state index in [9.17, 15) is 0 Å². The summed E-state index contributed by atoms with van der Waals surface area (Å²) >= 11 is 0. The largest absolute Gasteiger partial charge is 0.515 e. The molecule has 400 valence electrons. The van der Waals surface area contributed by atoms with E-state index < -0.39 is 95.4 Å². The molecule has 7 atom stereocenters. The molecule has 0 saturated carbocycles. The van der Waals surface area contributed by atoms with Gasteiger partial charge in [-0.25, -0.2) is 0 Å². The van der Waals surface area contributed by atoms with Gasteiger partial charge in [-0.2, -0.15) is 0 Å². The van der Waals surface area contributed by atoms with Crippen LogP contribution in [-0.2, 0) is 57.9 Å². The highest BCUT2D eigenvalue weighted by atomic mass is 28.6. The molecule has 7 rings (SSSR count). The minimum atomic E-state index is -4.55. The minimum Gasteiger partial charge on any atom is -0.417 e. The summed E-state index contributed by atoms with van der Waals surface area (Å²) in [5.41, 5.74) is 3.40. The standard InChI is InChI=1S/C49H76O14Si11/c1-17-68(16)55-71(20-4)57-70(19-3,54-67(14,15)53-66(12,13)52-65(10,11)50-6)61-74(49-42-38-47(39-43-49)35-33-45-30-26-23-27-31-45)60-69(18-2,51-64(7,8)9)59-73(56-68,62-72(21-5,58-71)63-74)48-40-36-46(37-41-48)34-32-44-28-24-22-25-29-44/h22-31,36-43H,17-21H2,1-16H3/t68-,69-,70-,71+,72-,73+,74+/m1/s1. The van der Waals surface area contributed by atoms with Crippen LogP contribution in [0.25, 0.3) is 0 Å². The Bertz CT molecular complexity index is 2690. The number of hydrogen-bond donors (Lipinski definition) is 0. The molecule has 74 heavy (non-hydrogen) atoms. The average Bonchev–Trinajstić information content (AvgIpc) is 3.33. The van der Waals surface area contributed by atoms with Gasteiger partial charge in [-0.1, -0.05) is 119 Å². The molecule has 4 bridgehead atoms. The van der Waals surface area contributed by atoms with Crippen LogP contribution in [0.15, 0.2) is 109 Å². The normalized spacial score (nSPS) is 29.6. The lowest BCUT2D eigenvalue weighted by atomic mass is 10.2. The molecular weight excluding hydrogens is 1120 g/mol. The molecule has 4 aromatic carbocycles. The summed E-state index contributed by atoms with van der Waals surface area (Å²) in [4.78, 5) is 0. The zero-order chi connectivity index (χ0) is 54.0. The summed E-state index contributed by atoms with van der Waals surface area (Å²) in [7, 11) is -38.6. The second-order valence-electron chi connectivity index (χ2n) is 21.0. The van der Waals surface area contributed by atoms with Gasteiger partial charge in [0.2, 0.25) is 0 Å². The molecule has 3 fully saturated rings. The van der Waals surface area contributed by atoms with Gasteiger partial charge in [0.1, 0.15) is 0 Å². The fourth-order valence-electron chi connectivity index (χ4n) is 8.83. The average molecular weight is 1200 g/mol. The van der Waals surface area contributed by atoms with E-state index in [1.165, 1.54) is 0 Å². The molecule has 3 aliphatic rings. The fraction of sp³-hybridized carbons (Fsp3) is 0.429. The lowest BCUT2D eigenvalue weighted by Crippen LogP contribution is -2.86. The van der Waals surface area contributed by atoms with Crippen LogP contribution in [-0.4, -0.2) is 102 Å². The maximum atomic E-state index is 7.96. The summed E-state index contributed by atoms with van der Waals surface area (Å²) in [5, 5.41) is 1.30. The summed E-state index contributed by atoms with van der Waals surface area (Å²) < 4.78 is 105. The highest BCUT2D eigenvalue weighted by Gasteiger charge is 2.77.